The molecule has 0 radical (unpaired) electrons. The van der Waals surface area contributed by atoms with Crippen LogP contribution >= 0.6 is 0 Å². The number of hydrogen-bond acceptors (Lipinski definition) is 1. The lowest BCUT2D eigenvalue weighted by molar-refractivity contribution is -0.318. The van der Waals surface area contributed by atoms with Crippen LogP contribution in [0.2, 0.25) is 0 Å². The van der Waals surface area contributed by atoms with Crippen LogP contribution in [0.4, 0.5) is 17.6 Å². The van der Waals surface area contributed by atoms with Gasteiger partial charge in [0.1, 0.15) is 18.4 Å². The maximum Gasteiger partial charge on any atom is 0.358 e. The first-order chi connectivity index (χ1) is 19.8. The second-order valence-electron chi connectivity index (χ2n) is 15.5. The Labute approximate surface area is 248 Å². The molecular weight excluding hydrogens is 524 g/mol. The SMILES string of the molecule is CCCC1CCC(C2CCC(C3CC(F)C(OC(F)(F)C4CCC(C5CCC(CC)CC5)CC4)C(F)C3)CC2)CC1. The third-order valence-corrected chi connectivity index (χ3v) is 13.2. The zero-order chi connectivity index (χ0) is 29.0. The Kier molecular flexibility index (Phi) is 11.5. The average molecular weight is 585 g/mol. The highest BCUT2D eigenvalue weighted by Crippen LogP contribution is 2.49. The van der Waals surface area contributed by atoms with E-state index >= 15 is 17.6 Å². The molecule has 0 saturated heterocycles. The molecule has 0 aliphatic heterocycles. The van der Waals surface area contributed by atoms with Crippen LogP contribution < -0.4 is 0 Å². The maximum absolute atomic E-state index is 15.3. The van der Waals surface area contributed by atoms with E-state index in [4.69, 9.17) is 4.74 Å². The highest BCUT2D eigenvalue weighted by molar-refractivity contribution is 4.94. The summed E-state index contributed by atoms with van der Waals surface area (Å²) in [6, 6.07) is 0. The van der Waals surface area contributed by atoms with Gasteiger partial charge in [-0.2, -0.15) is 8.78 Å². The molecule has 5 rings (SSSR count). The van der Waals surface area contributed by atoms with Gasteiger partial charge in [0.05, 0.1) is 5.92 Å². The second-order valence-corrected chi connectivity index (χ2v) is 15.5. The summed E-state index contributed by atoms with van der Waals surface area (Å²) in [5.41, 5.74) is 0. The first-order valence-electron chi connectivity index (χ1n) is 18.1. The van der Waals surface area contributed by atoms with Crippen LogP contribution in [-0.4, -0.2) is 24.6 Å². The maximum atomic E-state index is 15.3. The van der Waals surface area contributed by atoms with Crippen molar-refractivity contribution in [2.24, 2.45) is 53.3 Å². The fourth-order valence-electron chi connectivity index (χ4n) is 10.4. The van der Waals surface area contributed by atoms with Crippen LogP contribution in [0.5, 0.6) is 0 Å². The average Bonchev–Trinajstić information content (AvgIpc) is 3.00. The van der Waals surface area contributed by atoms with Crippen molar-refractivity contribution in [3.8, 4) is 0 Å². The van der Waals surface area contributed by atoms with Crippen molar-refractivity contribution in [2.45, 2.75) is 173 Å². The summed E-state index contributed by atoms with van der Waals surface area (Å²) in [6.07, 6.45) is 13.4. The van der Waals surface area contributed by atoms with Gasteiger partial charge in [-0.25, -0.2) is 8.78 Å². The van der Waals surface area contributed by atoms with Gasteiger partial charge in [-0.15, -0.1) is 0 Å². The van der Waals surface area contributed by atoms with Gasteiger partial charge in [-0.05, 0) is 137 Å². The van der Waals surface area contributed by atoms with E-state index in [9.17, 15) is 0 Å². The van der Waals surface area contributed by atoms with Crippen LogP contribution in [0.3, 0.4) is 0 Å². The molecule has 41 heavy (non-hydrogen) atoms. The quantitative estimate of drug-likeness (QED) is 0.245. The Morgan fingerprint density at radius 3 is 1.37 bits per heavy atom. The fourth-order valence-corrected chi connectivity index (χ4v) is 10.4. The molecule has 5 fully saturated rings. The van der Waals surface area contributed by atoms with Crippen molar-refractivity contribution in [1.82, 2.24) is 0 Å². The molecule has 0 spiro atoms. The third kappa shape index (κ3) is 8.05. The highest BCUT2D eigenvalue weighted by atomic mass is 19.3. The minimum Gasteiger partial charge on any atom is -0.311 e. The number of hydrogen-bond donors (Lipinski definition) is 0. The molecule has 5 aliphatic rings. The van der Waals surface area contributed by atoms with Crippen molar-refractivity contribution in [3.05, 3.63) is 0 Å². The standard InChI is InChI=1S/C36H60F4O/c1-3-5-25-8-12-27(13-9-25)28-14-16-30(17-15-28)31-22-33(37)35(34(38)23-31)41-36(39,40)32-20-18-29(19-21-32)26-10-6-24(4-2)7-11-26/h24-35H,3-23H2,1-2H3. The molecule has 0 bridgehead atoms. The molecule has 0 aromatic rings. The van der Waals surface area contributed by atoms with E-state index in [1.165, 1.54) is 83.5 Å². The van der Waals surface area contributed by atoms with E-state index in [1.54, 1.807) is 0 Å². The van der Waals surface area contributed by atoms with Gasteiger partial charge in [0.15, 0.2) is 0 Å². The van der Waals surface area contributed by atoms with Gasteiger partial charge in [0.2, 0.25) is 0 Å². The van der Waals surface area contributed by atoms with E-state index < -0.39 is 30.5 Å². The van der Waals surface area contributed by atoms with Crippen molar-refractivity contribution >= 4 is 0 Å². The molecule has 1 nitrogen and oxygen atoms in total. The number of alkyl halides is 4. The summed E-state index contributed by atoms with van der Waals surface area (Å²) >= 11 is 0. The normalized spacial score (nSPS) is 44.9. The molecule has 0 amide bonds. The third-order valence-electron chi connectivity index (χ3n) is 13.2. The Morgan fingerprint density at radius 1 is 0.537 bits per heavy atom. The van der Waals surface area contributed by atoms with Crippen LogP contribution in [0.25, 0.3) is 0 Å². The van der Waals surface area contributed by atoms with Crippen LogP contribution in [-0.2, 0) is 4.74 Å². The minimum atomic E-state index is -3.44. The Bertz CT molecular complexity index is 746. The number of halogens is 4. The van der Waals surface area contributed by atoms with Gasteiger partial charge < -0.3 is 4.74 Å². The molecule has 5 aliphatic carbocycles. The molecule has 238 valence electrons. The molecule has 2 atom stereocenters. The van der Waals surface area contributed by atoms with Gasteiger partial charge in [-0.1, -0.05) is 58.8 Å². The van der Waals surface area contributed by atoms with Crippen molar-refractivity contribution in [1.29, 1.82) is 0 Å². The van der Waals surface area contributed by atoms with Gasteiger partial charge >= 0.3 is 6.11 Å². The molecule has 0 aromatic heterocycles. The summed E-state index contributed by atoms with van der Waals surface area (Å²) in [5, 5.41) is 0. The summed E-state index contributed by atoms with van der Waals surface area (Å²) in [6.45, 7) is 4.55. The predicted molar refractivity (Wildman–Crippen MR) is 159 cm³/mol. The van der Waals surface area contributed by atoms with Crippen molar-refractivity contribution in [3.63, 3.8) is 0 Å². The first-order valence-corrected chi connectivity index (χ1v) is 18.1. The Hall–Kier alpha value is -0.320. The van der Waals surface area contributed by atoms with Gasteiger partial charge in [0, 0.05) is 0 Å². The van der Waals surface area contributed by atoms with Crippen molar-refractivity contribution in [2.75, 3.05) is 0 Å². The molecular formula is C36H60F4O. The monoisotopic (exact) mass is 584 g/mol. The molecule has 0 N–H and O–H groups in total. The second kappa shape index (κ2) is 14.6. The number of ether oxygens (including phenoxy) is 1. The van der Waals surface area contributed by atoms with E-state index in [0.29, 0.717) is 30.6 Å². The Balaban J connectivity index is 1.04. The van der Waals surface area contributed by atoms with Crippen molar-refractivity contribution < 1.29 is 22.3 Å². The molecule has 5 saturated carbocycles. The topological polar surface area (TPSA) is 9.23 Å². The molecule has 2 unspecified atom stereocenters. The minimum absolute atomic E-state index is 0.0343. The largest absolute Gasteiger partial charge is 0.358 e. The zero-order valence-electron chi connectivity index (χ0n) is 26.2. The molecule has 0 aromatic carbocycles. The highest BCUT2D eigenvalue weighted by Gasteiger charge is 2.51. The van der Waals surface area contributed by atoms with Crippen LogP contribution in [0, 0.1) is 53.3 Å². The van der Waals surface area contributed by atoms with Gasteiger partial charge in [-0.3, -0.25) is 0 Å². The summed E-state index contributed by atoms with van der Waals surface area (Å²) in [4.78, 5) is 0. The first kappa shape index (κ1) is 32.1. The van der Waals surface area contributed by atoms with Crippen LogP contribution in [0.15, 0.2) is 0 Å². The van der Waals surface area contributed by atoms with Crippen LogP contribution in [0.1, 0.15) is 149 Å². The van der Waals surface area contributed by atoms with E-state index in [0.717, 1.165) is 49.4 Å². The Morgan fingerprint density at radius 2 is 0.927 bits per heavy atom. The van der Waals surface area contributed by atoms with Gasteiger partial charge in [0.25, 0.3) is 0 Å². The fraction of sp³-hybridized carbons (Fsp3) is 1.00. The molecule has 5 heteroatoms. The smallest absolute Gasteiger partial charge is 0.311 e. The number of rotatable bonds is 9. The zero-order valence-corrected chi connectivity index (χ0v) is 26.2. The summed E-state index contributed by atoms with van der Waals surface area (Å²) in [5.74, 6) is 3.97. The van der Waals surface area contributed by atoms with E-state index in [1.807, 2.05) is 0 Å². The van der Waals surface area contributed by atoms with E-state index in [2.05, 4.69) is 13.8 Å². The lowest BCUT2D eigenvalue weighted by Gasteiger charge is -2.44. The predicted octanol–water partition coefficient (Wildman–Crippen LogP) is 11.5. The molecule has 0 heterocycles. The summed E-state index contributed by atoms with van der Waals surface area (Å²) in [7, 11) is 0. The lowest BCUT2D eigenvalue weighted by Crippen LogP contribution is -2.49. The van der Waals surface area contributed by atoms with E-state index in [-0.39, 0.29) is 18.8 Å². The summed E-state index contributed by atoms with van der Waals surface area (Å²) < 4.78 is 66.4. The lowest BCUT2D eigenvalue weighted by atomic mass is 9.65.